The summed E-state index contributed by atoms with van der Waals surface area (Å²) >= 11 is 0. The van der Waals surface area contributed by atoms with Crippen molar-refractivity contribution in [1.29, 1.82) is 0 Å². The normalized spacial score (nSPS) is 17.4. The van der Waals surface area contributed by atoms with Crippen LogP contribution in [0.25, 0.3) is 0 Å². The van der Waals surface area contributed by atoms with E-state index in [-0.39, 0.29) is 30.7 Å². The summed E-state index contributed by atoms with van der Waals surface area (Å²) in [5.41, 5.74) is 5.50. The molecule has 1 fully saturated rings. The first-order valence-electron chi connectivity index (χ1n) is 6.23. The summed E-state index contributed by atoms with van der Waals surface area (Å²) < 4.78 is 24.2. The molecular formula is C13H18ClFN2O3. The lowest BCUT2D eigenvalue weighted by Gasteiger charge is -2.15. The molecule has 2 rings (SSSR count). The van der Waals surface area contributed by atoms with Crippen LogP contribution in [0.4, 0.5) is 10.1 Å². The standard InChI is InChI=1S/C13H17FN2O3.ClH/c14-9-3-4-12(11(6-9)16-13(17)7-15)19-8-10-2-1-5-18-10;/h3-4,6,10H,1-2,5,7-8,15H2,(H,16,17);1H. The smallest absolute Gasteiger partial charge is 0.238 e. The van der Waals surface area contributed by atoms with E-state index in [0.717, 1.165) is 19.4 Å². The fraction of sp³-hybridized carbons (Fsp3) is 0.462. The number of carbonyl (C=O) groups excluding carboxylic acids is 1. The average molecular weight is 305 g/mol. The Labute approximate surface area is 123 Å². The number of benzene rings is 1. The van der Waals surface area contributed by atoms with Crippen LogP contribution in [0.2, 0.25) is 0 Å². The van der Waals surface area contributed by atoms with Gasteiger partial charge in [0.1, 0.15) is 18.2 Å². The largest absolute Gasteiger partial charge is 0.489 e. The van der Waals surface area contributed by atoms with Crippen LogP contribution in [0.1, 0.15) is 12.8 Å². The van der Waals surface area contributed by atoms with Crippen LogP contribution in [-0.4, -0.2) is 31.8 Å². The number of anilines is 1. The number of rotatable bonds is 5. The summed E-state index contributed by atoms with van der Waals surface area (Å²) in [6.07, 6.45) is 2.03. The van der Waals surface area contributed by atoms with Crippen molar-refractivity contribution < 1.29 is 18.7 Å². The van der Waals surface area contributed by atoms with Crippen molar-refractivity contribution in [2.75, 3.05) is 25.1 Å². The van der Waals surface area contributed by atoms with Gasteiger partial charge in [-0.25, -0.2) is 4.39 Å². The molecule has 1 heterocycles. The van der Waals surface area contributed by atoms with Gasteiger partial charge in [0.15, 0.2) is 0 Å². The molecule has 1 aromatic rings. The molecular weight excluding hydrogens is 287 g/mol. The summed E-state index contributed by atoms with van der Waals surface area (Å²) in [5.74, 6) is -0.428. The fourth-order valence-electron chi connectivity index (χ4n) is 1.89. The van der Waals surface area contributed by atoms with Crippen LogP contribution < -0.4 is 15.8 Å². The van der Waals surface area contributed by atoms with Crippen LogP contribution in [0, 0.1) is 5.82 Å². The Kier molecular flexibility index (Phi) is 6.70. The lowest BCUT2D eigenvalue weighted by Crippen LogP contribution is -2.23. The van der Waals surface area contributed by atoms with Crippen molar-refractivity contribution in [3.05, 3.63) is 24.0 Å². The summed E-state index contributed by atoms with van der Waals surface area (Å²) in [5, 5.41) is 2.51. The van der Waals surface area contributed by atoms with Gasteiger partial charge in [-0.1, -0.05) is 0 Å². The van der Waals surface area contributed by atoms with Gasteiger partial charge in [0, 0.05) is 12.7 Å². The van der Waals surface area contributed by atoms with E-state index in [4.69, 9.17) is 15.2 Å². The number of hydrogen-bond acceptors (Lipinski definition) is 4. The Balaban J connectivity index is 0.00000200. The Morgan fingerprint density at radius 1 is 1.55 bits per heavy atom. The molecule has 1 aliphatic heterocycles. The van der Waals surface area contributed by atoms with Crippen LogP contribution in [0.5, 0.6) is 5.75 Å². The topological polar surface area (TPSA) is 73.6 Å². The molecule has 1 aliphatic rings. The maximum absolute atomic E-state index is 13.2. The molecule has 0 bridgehead atoms. The molecule has 20 heavy (non-hydrogen) atoms. The van der Waals surface area contributed by atoms with Crippen molar-refractivity contribution in [1.82, 2.24) is 0 Å². The summed E-state index contributed by atoms with van der Waals surface area (Å²) in [6.45, 7) is 0.965. The number of amides is 1. The maximum atomic E-state index is 13.2. The molecule has 1 unspecified atom stereocenters. The first-order chi connectivity index (χ1) is 9.19. The molecule has 0 aromatic heterocycles. The minimum Gasteiger partial charge on any atom is -0.489 e. The quantitative estimate of drug-likeness (QED) is 0.868. The monoisotopic (exact) mass is 304 g/mol. The predicted molar refractivity (Wildman–Crippen MR) is 75.8 cm³/mol. The van der Waals surface area contributed by atoms with Gasteiger partial charge >= 0.3 is 0 Å². The molecule has 0 saturated carbocycles. The third-order valence-corrected chi connectivity index (χ3v) is 2.85. The van der Waals surface area contributed by atoms with E-state index in [9.17, 15) is 9.18 Å². The number of hydrogen-bond donors (Lipinski definition) is 2. The first kappa shape index (κ1) is 16.7. The molecule has 7 heteroatoms. The van der Waals surface area contributed by atoms with Crippen molar-refractivity contribution >= 4 is 24.0 Å². The fourth-order valence-corrected chi connectivity index (χ4v) is 1.89. The lowest BCUT2D eigenvalue weighted by atomic mass is 10.2. The molecule has 1 aromatic carbocycles. The molecule has 1 atom stereocenters. The summed E-state index contributed by atoms with van der Waals surface area (Å²) in [4.78, 5) is 11.3. The van der Waals surface area contributed by atoms with E-state index < -0.39 is 11.7 Å². The van der Waals surface area contributed by atoms with Crippen molar-refractivity contribution in [3.63, 3.8) is 0 Å². The summed E-state index contributed by atoms with van der Waals surface area (Å²) in [7, 11) is 0. The van der Waals surface area contributed by atoms with Gasteiger partial charge in [-0.3, -0.25) is 4.79 Å². The second-order valence-corrected chi connectivity index (χ2v) is 4.34. The molecule has 5 nitrogen and oxygen atoms in total. The molecule has 1 saturated heterocycles. The SMILES string of the molecule is Cl.NCC(=O)Nc1cc(F)ccc1OCC1CCCO1. The molecule has 0 radical (unpaired) electrons. The molecule has 112 valence electrons. The van der Waals surface area contributed by atoms with Crippen molar-refractivity contribution in [2.45, 2.75) is 18.9 Å². The highest BCUT2D eigenvalue weighted by Gasteiger charge is 2.17. The third kappa shape index (κ3) is 4.63. The lowest BCUT2D eigenvalue weighted by molar-refractivity contribution is -0.114. The minimum absolute atomic E-state index is 0. The van der Waals surface area contributed by atoms with Gasteiger partial charge in [-0.05, 0) is 25.0 Å². The minimum atomic E-state index is -0.447. The zero-order valence-corrected chi connectivity index (χ0v) is 11.7. The highest BCUT2D eigenvalue weighted by Crippen LogP contribution is 2.26. The van der Waals surface area contributed by atoms with Crippen LogP contribution in [-0.2, 0) is 9.53 Å². The number of ether oxygens (including phenoxy) is 2. The number of halogens is 2. The maximum Gasteiger partial charge on any atom is 0.238 e. The van der Waals surface area contributed by atoms with E-state index in [1.54, 1.807) is 0 Å². The molecule has 3 N–H and O–H groups in total. The van der Waals surface area contributed by atoms with E-state index in [1.165, 1.54) is 18.2 Å². The molecule has 0 spiro atoms. The number of nitrogens with one attached hydrogen (secondary N) is 1. The average Bonchev–Trinajstić information content (AvgIpc) is 2.91. The number of carbonyl (C=O) groups is 1. The van der Waals surface area contributed by atoms with Crippen LogP contribution in [0.3, 0.4) is 0 Å². The van der Waals surface area contributed by atoms with Gasteiger partial charge < -0.3 is 20.5 Å². The van der Waals surface area contributed by atoms with E-state index in [0.29, 0.717) is 12.4 Å². The van der Waals surface area contributed by atoms with Gasteiger partial charge in [-0.15, -0.1) is 12.4 Å². The van der Waals surface area contributed by atoms with Crippen molar-refractivity contribution in [3.8, 4) is 5.75 Å². The van der Waals surface area contributed by atoms with Gasteiger partial charge in [-0.2, -0.15) is 0 Å². The predicted octanol–water partition coefficient (Wildman–Crippen LogP) is 1.70. The Hall–Kier alpha value is -1.37. The second-order valence-electron chi connectivity index (χ2n) is 4.34. The second kappa shape index (κ2) is 8.04. The Morgan fingerprint density at radius 2 is 2.35 bits per heavy atom. The van der Waals surface area contributed by atoms with E-state index in [2.05, 4.69) is 5.32 Å². The highest BCUT2D eigenvalue weighted by atomic mass is 35.5. The van der Waals surface area contributed by atoms with Crippen LogP contribution >= 0.6 is 12.4 Å². The van der Waals surface area contributed by atoms with Gasteiger partial charge in [0.05, 0.1) is 18.3 Å². The first-order valence-corrected chi connectivity index (χ1v) is 6.23. The molecule has 0 aliphatic carbocycles. The molecule has 1 amide bonds. The highest BCUT2D eigenvalue weighted by molar-refractivity contribution is 5.93. The van der Waals surface area contributed by atoms with Gasteiger partial charge in [0.25, 0.3) is 0 Å². The van der Waals surface area contributed by atoms with E-state index >= 15 is 0 Å². The van der Waals surface area contributed by atoms with Crippen molar-refractivity contribution in [2.24, 2.45) is 5.73 Å². The summed E-state index contributed by atoms with van der Waals surface area (Å²) in [6, 6.07) is 3.97. The number of nitrogens with two attached hydrogens (primary N) is 1. The zero-order valence-electron chi connectivity index (χ0n) is 10.9. The zero-order chi connectivity index (χ0) is 13.7. The van der Waals surface area contributed by atoms with Crippen LogP contribution in [0.15, 0.2) is 18.2 Å². The third-order valence-electron chi connectivity index (χ3n) is 2.85. The van der Waals surface area contributed by atoms with Gasteiger partial charge in [0.2, 0.25) is 5.91 Å². The Bertz CT molecular complexity index is 453. The Morgan fingerprint density at radius 3 is 3.00 bits per heavy atom. The van der Waals surface area contributed by atoms with E-state index in [1.807, 2.05) is 0 Å².